The molecule has 6 heteroatoms. The molecule has 3 N–H and O–H groups in total. The molecule has 0 bridgehead atoms. The molecule has 2 rings (SSSR count). The number of halogens is 1. The highest BCUT2D eigenvalue weighted by Crippen LogP contribution is 2.27. The van der Waals surface area contributed by atoms with Gasteiger partial charge in [-0.3, -0.25) is 0 Å². The van der Waals surface area contributed by atoms with E-state index in [4.69, 9.17) is 4.74 Å². The molecule has 0 aliphatic heterocycles. The maximum atomic E-state index is 14.0. The van der Waals surface area contributed by atoms with Gasteiger partial charge in [0.2, 0.25) is 0 Å². The number of aliphatic hydroxyl groups is 1. The molecular formula is C18H21FN2O3. The van der Waals surface area contributed by atoms with Crippen LogP contribution in [0.5, 0.6) is 5.75 Å². The van der Waals surface area contributed by atoms with E-state index in [1.165, 1.54) is 13.2 Å². The Kier molecular flexibility index (Phi) is 6.14. The van der Waals surface area contributed by atoms with Gasteiger partial charge in [0.05, 0.1) is 31.4 Å². The van der Waals surface area contributed by atoms with Crippen LogP contribution in [0.25, 0.3) is 0 Å². The molecule has 0 aliphatic rings. The fourth-order valence-corrected chi connectivity index (χ4v) is 2.50. The fraction of sp³-hybridized carbons (Fsp3) is 0.278. The van der Waals surface area contributed by atoms with Crippen LogP contribution >= 0.6 is 0 Å². The smallest absolute Gasteiger partial charge is 0.315 e. The Hall–Kier alpha value is -2.60. The molecule has 0 unspecified atom stereocenters. The molecule has 24 heavy (non-hydrogen) atoms. The summed E-state index contributed by atoms with van der Waals surface area (Å²) in [5.41, 5.74) is 1.06. The van der Waals surface area contributed by atoms with Crippen LogP contribution in [-0.2, 0) is 0 Å². The highest BCUT2D eigenvalue weighted by molar-refractivity contribution is 5.75. The van der Waals surface area contributed by atoms with Gasteiger partial charge in [-0.05, 0) is 24.6 Å². The highest BCUT2D eigenvalue weighted by Gasteiger charge is 2.20. The number of nitrogens with one attached hydrogen (secondary N) is 2. The van der Waals surface area contributed by atoms with Crippen molar-refractivity contribution in [2.24, 2.45) is 0 Å². The van der Waals surface area contributed by atoms with Crippen molar-refractivity contribution in [1.29, 1.82) is 0 Å². The number of amides is 2. The van der Waals surface area contributed by atoms with Crippen LogP contribution in [-0.4, -0.2) is 24.9 Å². The van der Waals surface area contributed by atoms with Crippen molar-refractivity contribution < 1.29 is 19.0 Å². The van der Waals surface area contributed by atoms with Gasteiger partial charge in [-0.1, -0.05) is 36.4 Å². The molecule has 128 valence electrons. The van der Waals surface area contributed by atoms with Gasteiger partial charge >= 0.3 is 6.03 Å². The van der Waals surface area contributed by atoms with Crippen LogP contribution in [0.3, 0.4) is 0 Å². The summed E-state index contributed by atoms with van der Waals surface area (Å²) < 4.78 is 19.2. The lowest BCUT2D eigenvalue weighted by Gasteiger charge is -2.21. The van der Waals surface area contributed by atoms with Crippen LogP contribution < -0.4 is 15.4 Å². The van der Waals surface area contributed by atoms with Gasteiger partial charge in [0.25, 0.3) is 0 Å². The molecule has 2 amide bonds. The van der Waals surface area contributed by atoms with Crippen molar-refractivity contribution in [3.8, 4) is 5.75 Å². The second kappa shape index (κ2) is 8.31. The molecule has 0 spiro atoms. The molecule has 0 heterocycles. The molecule has 0 saturated carbocycles. The Morgan fingerprint density at radius 1 is 1.17 bits per heavy atom. The summed E-state index contributed by atoms with van der Waals surface area (Å²) in [5, 5.41) is 14.8. The predicted octanol–water partition coefficient (Wildman–Crippen LogP) is 2.93. The molecule has 2 aromatic carbocycles. The third-order valence-corrected chi connectivity index (χ3v) is 3.70. The molecule has 0 radical (unpaired) electrons. The molecule has 0 saturated heterocycles. The van der Waals surface area contributed by atoms with Crippen molar-refractivity contribution >= 4 is 6.03 Å². The molecule has 0 aliphatic carbocycles. The minimum atomic E-state index is -0.601. The second-order valence-electron chi connectivity index (χ2n) is 5.34. The normalized spacial score (nSPS) is 13.0. The topological polar surface area (TPSA) is 70.6 Å². The van der Waals surface area contributed by atoms with Crippen molar-refractivity contribution in [2.45, 2.75) is 19.0 Å². The largest absolute Gasteiger partial charge is 0.496 e. The van der Waals surface area contributed by atoms with E-state index in [1.807, 2.05) is 30.3 Å². The van der Waals surface area contributed by atoms with Crippen molar-refractivity contribution in [2.75, 3.05) is 13.7 Å². The Morgan fingerprint density at radius 2 is 1.88 bits per heavy atom. The van der Waals surface area contributed by atoms with Crippen molar-refractivity contribution in [3.05, 3.63) is 65.5 Å². The molecule has 0 fully saturated rings. The lowest BCUT2D eigenvalue weighted by molar-refractivity contribution is 0.214. The van der Waals surface area contributed by atoms with Crippen LogP contribution in [0.4, 0.5) is 9.18 Å². The first-order valence-corrected chi connectivity index (χ1v) is 7.62. The first-order valence-electron chi connectivity index (χ1n) is 7.62. The van der Waals surface area contributed by atoms with Gasteiger partial charge in [-0.25, -0.2) is 9.18 Å². The summed E-state index contributed by atoms with van der Waals surface area (Å²) >= 11 is 0. The number of methoxy groups -OCH3 is 1. The summed E-state index contributed by atoms with van der Waals surface area (Å²) in [6.45, 7) is 1.42. The summed E-state index contributed by atoms with van der Waals surface area (Å²) in [5.74, 6) is -0.0894. The number of benzene rings is 2. The number of hydrogen-bond acceptors (Lipinski definition) is 3. The number of carbonyl (C=O) groups is 1. The predicted molar refractivity (Wildman–Crippen MR) is 89.3 cm³/mol. The molecule has 5 nitrogen and oxygen atoms in total. The number of urea groups is 1. The van der Waals surface area contributed by atoms with E-state index in [0.29, 0.717) is 5.75 Å². The van der Waals surface area contributed by atoms with Crippen LogP contribution in [0.15, 0.2) is 48.5 Å². The number of aliphatic hydroxyl groups excluding tert-OH is 1. The zero-order chi connectivity index (χ0) is 17.5. The van der Waals surface area contributed by atoms with E-state index in [1.54, 1.807) is 19.1 Å². The van der Waals surface area contributed by atoms with E-state index in [9.17, 15) is 14.3 Å². The summed E-state index contributed by atoms with van der Waals surface area (Å²) in [7, 11) is 1.45. The van der Waals surface area contributed by atoms with E-state index >= 15 is 0 Å². The average molecular weight is 332 g/mol. The van der Waals surface area contributed by atoms with Gasteiger partial charge in [0.1, 0.15) is 11.6 Å². The monoisotopic (exact) mass is 332 g/mol. The van der Waals surface area contributed by atoms with E-state index in [-0.39, 0.29) is 12.2 Å². The number of ether oxygens (including phenoxy) is 1. The SMILES string of the molecule is COc1cccc(F)c1[C@@H](C)NC(=O)N[C@@H](CO)c1ccccc1. The Labute approximate surface area is 140 Å². The van der Waals surface area contributed by atoms with Gasteiger partial charge in [0, 0.05) is 0 Å². The number of hydrogen-bond donors (Lipinski definition) is 3. The summed E-state index contributed by atoms with van der Waals surface area (Å²) in [4.78, 5) is 12.2. The Morgan fingerprint density at radius 3 is 2.50 bits per heavy atom. The molecule has 2 atom stereocenters. The third-order valence-electron chi connectivity index (χ3n) is 3.70. The Bertz CT molecular complexity index is 679. The quantitative estimate of drug-likeness (QED) is 0.762. The number of carbonyl (C=O) groups excluding carboxylic acids is 1. The lowest BCUT2D eigenvalue weighted by Crippen LogP contribution is -2.40. The van der Waals surface area contributed by atoms with Gasteiger partial charge in [-0.2, -0.15) is 0 Å². The lowest BCUT2D eigenvalue weighted by atomic mass is 10.1. The first-order chi connectivity index (χ1) is 11.6. The van der Waals surface area contributed by atoms with Gasteiger partial charge in [-0.15, -0.1) is 0 Å². The first kappa shape index (κ1) is 17.7. The van der Waals surface area contributed by atoms with Crippen LogP contribution in [0.1, 0.15) is 30.1 Å². The standard InChI is InChI=1S/C18H21FN2O3/c1-12(17-14(19)9-6-10-16(17)24-2)20-18(23)21-15(11-22)13-7-4-3-5-8-13/h3-10,12,15,22H,11H2,1-2H3,(H2,20,21,23)/t12-,15+/m1/s1. The zero-order valence-corrected chi connectivity index (χ0v) is 13.6. The van der Waals surface area contributed by atoms with Crippen molar-refractivity contribution in [3.63, 3.8) is 0 Å². The summed E-state index contributed by atoms with van der Waals surface area (Å²) in [6.07, 6.45) is 0. The van der Waals surface area contributed by atoms with Gasteiger partial charge in [0.15, 0.2) is 0 Å². The fourth-order valence-electron chi connectivity index (χ4n) is 2.50. The Balaban J connectivity index is 2.07. The van der Waals surface area contributed by atoms with Crippen LogP contribution in [0.2, 0.25) is 0 Å². The van der Waals surface area contributed by atoms with Gasteiger partial charge < -0.3 is 20.5 Å². The third kappa shape index (κ3) is 4.23. The maximum Gasteiger partial charge on any atom is 0.315 e. The van der Waals surface area contributed by atoms with E-state index in [0.717, 1.165) is 5.56 Å². The highest BCUT2D eigenvalue weighted by atomic mass is 19.1. The minimum absolute atomic E-state index is 0.241. The summed E-state index contributed by atoms with van der Waals surface area (Å²) in [6, 6.07) is 12.0. The molecular weight excluding hydrogens is 311 g/mol. The average Bonchev–Trinajstić information content (AvgIpc) is 2.59. The number of rotatable bonds is 6. The molecule has 2 aromatic rings. The second-order valence-corrected chi connectivity index (χ2v) is 5.34. The zero-order valence-electron chi connectivity index (χ0n) is 13.6. The molecule has 0 aromatic heterocycles. The van der Waals surface area contributed by atoms with E-state index < -0.39 is 23.9 Å². The van der Waals surface area contributed by atoms with E-state index in [2.05, 4.69) is 10.6 Å². The van der Waals surface area contributed by atoms with Crippen LogP contribution in [0, 0.1) is 5.82 Å². The maximum absolute atomic E-state index is 14.0. The minimum Gasteiger partial charge on any atom is -0.496 e. The van der Waals surface area contributed by atoms with Crippen molar-refractivity contribution in [1.82, 2.24) is 10.6 Å².